The van der Waals surface area contributed by atoms with E-state index in [0.717, 1.165) is 44.9 Å². The molecule has 4 aliphatic rings. The lowest BCUT2D eigenvalue weighted by Crippen LogP contribution is -2.59. The van der Waals surface area contributed by atoms with Crippen molar-refractivity contribution in [1.82, 2.24) is 25.8 Å². The van der Waals surface area contributed by atoms with Crippen LogP contribution in [0.2, 0.25) is 0 Å². The summed E-state index contributed by atoms with van der Waals surface area (Å²) >= 11 is 0. The van der Waals surface area contributed by atoms with E-state index in [0.29, 0.717) is 45.3 Å². The van der Waals surface area contributed by atoms with Crippen molar-refractivity contribution in [1.29, 1.82) is 0 Å². The minimum absolute atomic E-state index is 0.0720. The van der Waals surface area contributed by atoms with Gasteiger partial charge in [0.05, 0.1) is 6.04 Å². The number of rotatable bonds is 10. The Labute approximate surface area is 253 Å². The lowest BCUT2D eigenvalue weighted by atomic mass is 9.83. The van der Waals surface area contributed by atoms with Crippen LogP contribution in [0.15, 0.2) is 0 Å². The second-order valence-electron chi connectivity index (χ2n) is 13.6. The summed E-state index contributed by atoms with van der Waals surface area (Å²) in [7, 11) is 0. The quantitative estimate of drug-likeness (QED) is 0.273. The number of nitrogens with zero attached hydrogens (tertiary/aromatic N) is 2. The van der Waals surface area contributed by atoms with Gasteiger partial charge in [-0.05, 0) is 71.1 Å². The molecule has 0 spiro atoms. The van der Waals surface area contributed by atoms with Crippen molar-refractivity contribution in [2.45, 2.75) is 121 Å². The number of primary amides is 1. The lowest BCUT2D eigenvalue weighted by Gasteiger charge is -2.35. The summed E-state index contributed by atoms with van der Waals surface area (Å²) in [4.78, 5) is 80.1. The molecular weight excluding hydrogens is 556 g/mol. The van der Waals surface area contributed by atoms with Gasteiger partial charge in [0.15, 0.2) is 0 Å². The Bertz CT molecular complexity index is 1080. The summed E-state index contributed by atoms with van der Waals surface area (Å²) < 4.78 is 5.44. The second-order valence-corrected chi connectivity index (χ2v) is 13.6. The van der Waals surface area contributed by atoms with Gasteiger partial charge in [0.25, 0.3) is 5.91 Å². The average molecular weight is 605 g/mol. The molecule has 4 rings (SSSR count). The first-order chi connectivity index (χ1) is 20.3. The Morgan fingerprint density at radius 2 is 1.58 bits per heavy atom. The number of nitrogens with two attached hydrogens (primary N) is 1. The number of ether oxygens (including phenoxy) is 1. The number of hydrogen-bond acceptors (Lipinski definition) is 7. The molecule has 2 saturated heterocycles. The first-order valence-electron chi connectivity index (χ1n) is 15.8. The molecule has 0 radical (unpaired) electrons. The van der Waals surface area contributed by atoms with Gasteiger partial charge in [-0.3, -0.25) is 19.2 Å². The van der Waals surface area contributed by atoms with Gasteiger partial charge in [0.2, 0.25) is 17.6 Å². The van der Waals surface area contributed by atoms with Gasteiger partial charge in [-0.15, -0.1) is 0 Å². The van der Waals surface area contributed by atoms with E-state index >= 15 is 0 Å². The highest BCUT2D eigenvalue weighted by molar-refractivity contribution is 6.37. The van der Waals surface area contributed by atoms with Crippen molar-refractivity contribution in [2.24, 2.45) is 17.6 Å². The molecule has 43 heavy (non-hydrogen) atoms. The molecule has 0 bridgehead atoms. The highest BCUT2D eigenvalue weighted by Gasteiger charge is 2.42. The van der Waals surface area contributed by atoms with Gasteiger partial charge in [-0.1, -0.05) is 32.1 Å². The van der Waals surface area contributed by atoms with Crippen LogP contribution in [-0.4, -0.2) is 94.8 Å². The summed E-state index contributed by atoms with van der Waals surface area (Å²) in [6, 6.07) is -3.39. The number of ketones is 1. The van der Waals surface area contributed by atoms with Crippen molar-refractivity contribution < 1.29 is 33.5 Å². The maximum Gasteiger partial charge on any atom is 0.410 e. The van der Waals surface area contributed by atoms with E-state index in [1.165, 1.54) is 4.90 Å². The molecule has 2 saturated carbocycles. The molecule has 0 aromatic carbocycles. The normalized spacial score (nSPS) is 24.2. The van der Waals surface area contributed by atoms with Gasteiger partial charge < -0.3 is 36.2 Å². The van der Waals surface area contributed by atoms with Gasteiger partial charge in [-0.2, -0.15) is 0 Å². The second kappa shape index (κ2) is 13.9. The fourth-order valence-electron chi connectivity index (χ4n) is 6.43. The van der Waals surface area contributed by atoms with Crippen molar-refractivity contribution in [3.05, 3.63) is 0 Å². The van der Waals surface area contributed by atoms with Gasteiger partial charge in [-0.25, -0.2) is 9.59 Å². The zero-order valence-electron chi connectivity index (χ0n) is 25.7. The summed E-state index contributed by atoms with van der Waals surface area (Å²) in [5, 5.41) is 8.54. The smallest absolute Gasteiger partial charge is 0.410 e. The van der Waals surface area contributed by atoms with Crippen molar-refractivity contribution in [2.75, 3.05) is 19.6 Å². The number of amides is 6. The van der Waals surface area contributed by atoms with Crippen LogP contribution < -0.4 is 21.7 Å². The van der Waals surface area contributed by atoms with E-state index in [1.54, 1.807) is 25.7 Å². The Morgan fingerprint density at radius 3 is 2.21 bits per heavy atom. The van der Waals surface area contributed by atoms with E-state index in [-0.39, 0.29) is 23.8 Å². The van der Waals surface area contributed by atoms with Gasteiger partial charge >= 0.3 is 12.1 Å². The molecule has 5 N–H and O–H groups in total. The first kappa shape index (κ1) is 32.5. The first-order valence-corrected chi connectivity index (χ1v) is 15.8. The third-order valence-corrected chi connectivity index (χ3v) is 8.83. The molecular formula is C30H48N6O7. The van der Waals surface area contributed by atoms with E-state index < -0.39 is 53.4 Å². The maximum atomic E-state index is 14.0. The Balaban J connectivity index is 1.39. The minimum atomic E-state index is -1.09. The summed E-state index contributed by atoms with van der Waals surface area (Å²) in [6.45, 7) is 6.52. The number of hydrogen-bond donors (Lipinski definition) is 4. The largest absolute Gasteiger partial charge is 0.444 e. The van der Waals surface area contributed by atoms with Crippen molar-refractivity contribution in [3.63, 3.8) is 0 Å². The molecule has 13 heteroatoms. The van der Waals surface area contributed by atoms with Crippen LogP contribution >= 0.6 is 0 Å². The molecule has 0 aromatic heterocycles. The molecule has 240 valence electrons. The number of nitrogens with one attached hydrogen (secondary N) is 3. The maximum absolute atomic E-state index is 14.0. The van der Waals surface area contributed by atoms with Gasteiger partial charge in [0.1, 0.15) is 17.7 Å². The van der Waals surface area contributed by atoms with Crippen LogP contribution in [0.3, 0.4) is 0 Å². The van der Waals surface area contributed by atoms with E-state index in [1.807, 2.05) is 0 Å². The summed E-state index contributed by atoms with van der Waals surface area (Å²) in [6.07, 6.45) is 7.92. The molecule has 2 aliphatic carbocycles. The van der Waals surface area contributed by atoms with Gasteiger partial charge in [0, 0.05) is 25.7 Å². The molecule has 4 atom stereocenters. The standard InChI is InChI=1S/C30H48N6O7/c1-30(2,3)43-29(42)35-15-13-20(17-35)32-28(41)34-23(19-8-5-4-6-9-19)27(40)36-14-7-10-22(36)26(39)33-21(16-18-11-12-18)24(37)25(31)38/h18-23H,4-17H2,1-3H3,(H2,31,38)(H,33,39)(H2,32,34,41). The molecule has 6 amide bonds. The van der Waals surface area contributed by atoms with Crippen LogP contribution in [0.1, 0.15) is 91.4 Å². The highest BCUT2D eigenvalue weighted by atomic mass is 16.6. The number of carbonyl (C=O) groups is 6. The third-order valence-electron chi connectivity index (χ3n) is 8.83. The van der Waals surface area contributed by atoms with Crippen LogP contribution in [0, 0.1) is 11.8 Å². The predicted octanol–water partition coefficient (Wildman–Crippen LogP) is 1.57. The average Bonchev–Trinajstić information content (AvgIpc) is 3.41. The summed E-state index contributed by atoms with van der Waals surface area (Å²) in [5.74, 6) is -2.52. The number of Topliss-reactive ketones (excluding diaryl/α,β-unsaturated/α-hetero) is 1. The molecule has 2 heterocycles. The zero-order chi connectivity index (χ0) is 31.3. The topological polar surface area (TPSA) is 180 Å². The summed E-state index contributed by atoms with van der Waals surface area (Å²) in [5.41, 5.74) is 4.62. The third kappa shape index (κ3) is 9.06. The Kier molecular flexibility index (Phi) is 10.5. The molecule has 13 nitrogen and oxygen atoms in total. The molecule has 2 aliphatic heterocycles. The van der Waals surface area contributed by atoms with E-state index in [9.17, 15) is 28.8 Å². The van der Waals surface area contributed by atoms with Crippen molar-refractivity contribution >= 4 is 35.6 Å². The molecule has 4 unspecified atom stereocenters. The van der Waals surface area contributed by atoms with Crippen LogP contribution in [0.4, 0.5) is 9.59 Å². The monoisotopic (exact) mass is 604 g/mol. The molecule has 4 fully saturated rings. The van der Waals surface area contributed by atoms with Crippen LogP contribution in [0.25, 0.3) is 0 Å². The number of likely N-dealkylation sites (tertiary alicyclic amines) is 2. The fourth-order valence-corrected chi connectivity index (χ4v) is 6.43. The Morgan fingerprint density at radius 1 is 0.884 bits per heavy atom. The minimum Gasteiger partial charge on any atom is -0.444 e. The predicted molar refractivity (Wildman–Crippen MR) is 156 cm³/mol. The van der Waals surface area contributed by atoms with Crippen molar-refractivity contribution in [3.8, 4) is 0 Å². The zero-order valence-corrected chi connectivity index (χ0v) is 25.7. The number of urea groups is 1. The van der Waals surface area contributed by atoms with E-state index in [2.05, 4.69) is 16.0 Å². The fraction of sp³-hybridized carbons (Fsp3) is 0.800. The van der Waals surface area contributed by atoms with Crippen LogP contribution in [0.5, 0.6) is 0 Å². The van der Waals surface area contributed by atoms with Crippen LogP contribution in [-0.2, 0) is 23.9 Å². The Hall–Kier alpha value is -3.38. The SMILES string of the molecule is CC(C)(C)OC(=O)N1CCC(NC(=O)NC(C(=O)N2CCCC2C(=O)NC(CC2CC2)C(=O)C(N)=O)C2CCCCC2)C1. The lowest BCUT2D eigenvalue weighted by molar-refractivity contribution is -0.143. The van der Waals surface area contributed by atoms with E-state index in [4.69, 9.17) is 10.5 Å². The highest BCUT2D eigenvalue weighted by Crippen LogP contribution is 2.34. The molecule has 0 aromatic rings. The number of carbonyl (C=O) groups excluding carboxylic acids is 6.